The number of carbonyl (C=O) groups is 2. The van der Waals surface area contributed by atoms with Crippen LogP contribution in [0.5, 0.6) is 0 Å². The van der Waals surface area contributed by atoms with E-state index >= 15 is 0 Å². The molecule has 2 aliphatic heterocycles. The number of halogens is 1. The van der Waals surface area contributed by atoms with Crippen molar-refractivity contribution in [3.63, 3.8) is 0 Å². The molecular weight excluding hydrogens is 522 g/mol. The van der Waals surface area contributed by atoms with E-state index in [1.54, 1.807) is 30.5 Å². The first-order valence-electron chi connectivity index (χ1n) is 11.1. The lowest BCUT2D eigenvalue weighted by molar-refractivity contribution is -0.197. The Morgan fingerprint density at radius 2 is 1.94 bits per heavy atom. The van der Waals surface area contributed by atoms with Crippen LogP contribution in [0.25, 0.3) is 11.2 Å². The minimum Gasteiger partial charge on any atom is -0.354 e. The molecule has 0 unspecified atom stereocenters. The summed E-state index contributed by atoms with van der Waals surface area (Å²) in [5.74, 6) is -0.943. The number of aromatic nitrogens is 4. The summed E-state index contributed by atoms with van der Waals surface area (Å²) in [6.07, 6.45) is 0.0828. The van der Waals surface area contributed by atoms with Crippen LogP contribution in [0.3, 0.4) is 0 Å². The van der Waals surface area contributed by atoms with E-state index < -0.39 is 36.4 Å². The van der Waals surface area contributed by atoms with Gasteiger partial charge in [-0.15, -0.1) is 0 Å². The maximum atomic E-state index is 12.6. The Hall–Kier alpha value is -3.13. The molecule has 0 aliphatic carbocycles. The Balaban J connectivity index is 1.41. The van der Waals surface area contributed by atoms with E-state index in [1.807, 2.05) is 19.1 Å². The van der Waals surface area contributed by atoms with Crippen LogP contribution in [0.1, 0.15) is 27.0 Å². The van der Waals surface area contributed by atoms with Crippen LogP contribution in [0, 0.1) is 0 Å². The normalized spacial score (nSPS) is 24.8. The van der Waals surface area contributed by atoms with Crippen LogP contribution in [0.2, 0.25) is 0 Å². The van der Waals surface area contributed by atoms with Crippen molar-refractivity contribution in [2.45, 2.75) is 51.1 Å². The van der Waals surface area contributed by atoms with Gasteiger partial charge in [0.1, 0.15) is 18.5 Å². The van der Waals surface area contributed by atoms with Crippen LogP contribution in [-0.4, -0.2) is 62.1 Å². The quantitative estimate of drug-likeness (QED) is 0.444. The zero-order valence-corrected chi connectivity index (χ0v) is 20.8. The fraction of sp³-hybridized carbons (Fsp3) is 0.409. The molecule has 184 valence electrons. The number of ether oxygens (including phenoxy) is 3. The first kappa shape index (κ1) is 23.6. The molecule has 2 fully saturated rings. The number of rotatable bonds is 5. The van der Waals surface area contributed by atoms with Crippen molar-refractivity contribution in [2.75, 3.05) is 17.2 Å². The highest BCUT2D eigenvalue weighted by Gasteiger charge is 2.58. The molecule has 2 aliphatic rings. The SMILES string of the molecule is CCNC(=O)[C@H]1O[C@@H](n2cnc3c(NC(=O)Nc4cccc(Br)c4)ncnc32)[C@@H]2OC(C)(C)O[C@@H]21. The van der Waals surface area contributed by atoms with E-state index in [0.29, 0.717) is 23.4 Å². The van der Waals surface area contributed by atoms with Gasteiger partial charge in [-0.2, -0.15) is 0 Å². The van der Waals surface area contributed by atoms with E-state index in [4.69, 9.17) is 14.2 Å². The average molecular weight is 546 g/mol. The van der Waals surface area contributed by atoms with Crippen LogP contribution in [0.15, 0.2) is 41.4 Å². The van der Waals surface area contributed by atoms with Crippen LogP contribution in [-0.2, 0) is 19.0 Å². The Labute approximate surface area is 208 Å². The molecule has 4 heterocycles. The fourth-order valence-corrected chi connectivity index (χ4v) is 4.65. The first-order valence-corrected chi connectivity index (χ1v) is 11.8. The zero-order chi connectivity index (χ0) is 24.7. The second kappa shape index (κ2) is 9.15. The van der Waals surface area contributed by atoms with Gasteiger partial charge in [-0.05, 0) is 39.0 Å². The number of anilines is 2. The van der Waals surface area contributed by atoms with Gasteiger partial charge in [-0.25, -0.2) is 19.7 Å². The van der Waals surface area contributed by atoms with Gasteiger partial charge in [0.05, 0.1) is 6.33 Å². The Bertz CT molecular complexity index is 1280. The summed E-state index contributed by atoms with van der Waals surface area (Å²) in [5, 5.41) is 8.23. The minimum absolute atomic E-state index is 0.222. The molecule has 3 amide bonds. The molecule has 13 heteroatoms. The lowest BCUT2D eigenvalue weighted by atomic mass is 10.1. The summed E-state index contributed by atoms with van der Waals surface area (Å²) in [6, 6.07) is 6.71. The van der Waals surface area contributed by atoms with Gasteiger partial charge in [-0.3, -0.25) is 14.7 Å². The largest absolute Gasteiger partial charge is 0.354 e. The summed E-state index contributed by atoms with van der Waals surface area (Å²) in [7, 11) is 0. The molecule has 0 radical (unpaired) electrons. The number of fused-ring (bicyclic) bond motifs is 2. The van der Waals surface area contributed by atoms with Crippen molar-refractivity contribution >= 4 is 50.5 Å². The van der Waals surface area contributed by atoms with E-state index in [2.05, 4.69) is 46.8 Å². The lowest BCUT2D eigenvalue weighted by Gasteiger charge is -2.24. The van der Waals surface area contributed by atoms with Gasteiger partial charge in [0.15, 0.2) is 35.1 Å². The number of hydrogen-bond acceptors (Lipinski definition) is 8. The maximum Gasteiger partial charge on any atom is 0.324 e. The standard InChI is InChI=1S/C22H24BrN7O5/c1-4-24-19(31)15-14-16(35-22(2,3)34-14)20(33-15)30-10-27-13-17(25-9-26-18(13)30)29-21(32)28-12-7-5-6-11(23)8-12/h5-10,14-16,20H,4H2,1-3H3,(H,24,31)(H2,25,26,28,29,32)/t14-,15+,16-,20-/m1/s1. The van der Waals surface area contributed by atoms with E-state index in [0.717, 1.165) is 4.47 Å². The molecular formula is C22H24BrN7O5. The number of imidazole rings is 1. The average Bonchev–Trinajstić information content (AvgIpc) is 3.45. The highest BCUT2D eigenvalue weighted by atomic mass is 79.9. The predicted molar refractivity (Wildman–Crippen MR) is 129 cm³/mol. The van der Waals surface area contributed by atoms with Crippen LogP contribution < -0.4 is 16.0 Å². The Morgan fingerprint density at radius 1 is 1.14 bits per heavy atom. The predicted octanol–water partition coefficient (Wildman–Crippen LogP) is 2.79. The van der Waals surface area contributed by atoms with Crippen LogP contribution in [0.4, 0.5) is 16.3 Å². The molecule has 12 nitrogen and oxygen atoms in total. The van der Waals surface area contributed by atoms with E-state index in [9.17, 15) is 9.59 Å². The number of hydrogen-bond donors (Lipinski definition) is 3. The zero-order valence-electron chi connectivity index (χ0n) is 19.2. The summed E-state index contributed by atoms with van der Waals surface area (Å²) in [6.45, 7) is 5.87. The topological polar surface area (TPSA) is 142 Å². The van der Waals surface area contributed by atoms with Gasteiger partial charge < -0.3 is 24.8 Å². The Morgan fingerprint density at radius 3 is 2.71 bits per heavy atom. The smallest absolute Gasteiger partial charge is 0.324 e. The molecule has 3 N–H and O–H groups in total. The number of benzene rings is 1. The number of urea groups is 1. The fourth-order valence-electron chi connectivity index (χ4n) is 4.25. The molecule has 4 atom stereocenters. The second-order valence-electron chi connectivity index (χ2n) is 8.54. The molecule has 3 aromatic rings. The lowest BCUT2D eigenvalue weighted by Crippen LogP contribution is -2.42. The highest BCUT2D eigenvalue weighted by molar-refractivity contribution is 9.10. The Kier molecular flexibility index (Phi) is 6.17. The van der Waals surface area contributed by atoms with Crippen molar-refractivity contribution in [3.05, 3.63) is 41.4 Å². The van der Waals surface area contributed by atoms with Crippen LogP contribution >= 0.6 is 15.9 Å². The number of likely N-dealkylation sites (N-methyl/N-ethyl adjacent to an activating group) is 1. The molecule has 2 saturated heterocycles. The number of nitrogens with zero attached hydrogens (tertiary/aromatic N) is 4. The van der Waals surface area contributed by atoms with Crippen molar-refractivity contribution in [1.29, 1.82) is 0 Å². The highest BCUT2D eigenvalue weighted by Crippen LogP contribution is 2.44. The van der Waals surface area contributed by atoms with Gasteiger partial charge in [0.2, 0.25) is 0 Å². The summed E-state index contributed by atoms with van der Waals surface area (Å²) >= 11 is 3.37. The number of amides is 3. The first-order chi connectivity index (χ1) is 16.8. The minimum atomic E-state index is -0.884. The van der Waals surface area contributed by atoms with Crippen molar-refractivity contribution in [3.8, 4) is 0 Å². The molecule has 0 bridgehead atoms. The third-order valence-corrected chi connectivity index (χ3v) is 6.08. The molecule has 1 aromatic carbocycles. The molecule has 35 heavy (non-hydrogen) atoms. The summed E-state index contributed by atoms with van der Waals surface area (Å²) < 4.78 is 20.7. The molecule has 0 saturated carbocycles. The van der Waals surface area contributed by atoms with Crippen molar-refractivity contribution in [2.24, 2.45) is 0 Å². The molecule has 2 aromatic heterocycles. The summed E-state index contributed by atoms with van der Waals surface area (Å²) in [5.41, 5.74) is 1.37. The van der Waals surface area contributed by atoms with Gasteiger partial charge >= 0.3 is 6.03 Å². The third-order valence-electron chi connectivity index (χ3n) is 5.59. The monoisotopic (exact) mass is 545 g/mol. The second-order valence-corrected chi connectivity index (χ2v) is 9.46. The molecule has 5 rings (SSSR count). The number of nitrogens with one attached hydrogen (secondary N) is 3. The summed E-state index contributed by atoms with van der Waals surface area (Å²) in [4.78, 5) is 38.1. The molecule has 0 spiro atoms. The van der Waals surface area contributed by atoms with Crippen molar-refractivity contribution < 1.29 is 23.8 Å². The third kappa shape index (κ3) is 4.59. The number of carbonyl (C=O) groups excluding carboxylic acids is 2. The van der Waals surface area contributed by atoms with Gasteiger partial charge in [-0.1, -0.05) is 22.0 Å². The van der Waals surface area contributed by atoms with E-state index in [-0.39, 0.29) is 11.7 Å². The maximum absolute atomic E-state index is 12.6. The van der Waals surface area contributed by atoms with Gasteiger partial charge in [0, 0.05) is 16.7 Å². The van der Waals surface area contributed by atoms with Crippen molar-refractivity contribution in [1.82, 2.24) is 24.8 Å². The van der Waals surface area contributed by atoms with E-state index in [1.165, 1.54) is 12.7 Å². The van der Waals surface area contributed by atoms with Gasteiger partial charge in [0.25, 0.3) is 5.91 Å².